The lowest BCUT2D eigenvalue weighted by Gasteiger charge is -2.21. The molecule has 0 rings (SSSR count). The van der Waals surface area contributed by atoms with Gasteiger partial charge in [0.25, 0.3) is 0 Å². The topological polar surface area (TPSA) is 237 Å². The number of ether oxygens (including phenoxy) is 4. The van der Waals surface area contributed by atoms with Crippen molar-refractivity contribution in [1.82, 2.24) is 0 Å². The van der Waals surface area contributed by atoms with E-state index in [4.69, 9.17) is 37.0 Å². The van der Waals surface area contributed by atoms with E-state index in [1.54, 1.807) is 0 Å². The number of aliphatic hydroxyl groups is 1. The van der Waals surface area contributed by atoms with E-state index in [-0.39, 0.29) is 25.7 Å². The highest BCUT2D eigenvalue weighted by atomic mass is 31.2. The zero-order chi connectivity index (χ0) is 76.7. The molecule has 0 bridgehead atoms. The van der Waals surface area contributed by atoms with E-state index < -0.39 is 97.5 Å². The number of phosphoric ester groups is 2. The first-order chi connectivity index (χ1) is 50.1. The molecule has 0 fully saturated rings. The Hall–Kier alpha value is -1.94. The van der Waals surface area contributed by atoms with Gasteiger partial charge < -0.3 is 33.8 Å². The Balaban J connectivity index is 5.27. The highest BCUT2D eigenvalue weighted by molar-refractivity contribution is 7.47. The van der Waals surface area contributed by atoms with E-state index in [9.17, 15) is 43.2 Å². The van der Waals surface area contributed by atoms with Gasteiger partial charge in [0.2, 0.25) is 0 Å². The Bertz CT molecular complexity index is 2030. The molecule has 0 heterocycles. The second-order valence-corrected chi connectivity index (χ2v) is 35.2. The Morgan fingerprint density at radius 1 is 0.269 bits per heavy atom. The molecule has 0 saturated carbocycles. The SMILES string of the molecule is CCC(C)CCCCCCCCCCCCC(=O)O[C@H](COC(=O)CCCCCCCCCCCCC(C)C)COP(=O)(O)OC[C@H](O)COP(=O)(O)OC[C@@H](COC(=O)CCCCCCCCCCCCCCCCCC(C)C)OC(=O)CCCCCCCCCCCCCCCCCCC(C)C. The predicted molar refractivity (Wildman–Crippen MR) is 428 cm³/mol. The second kappa shape index (κ2) is 73.8. The van der Waals surface area contributed by atoms with Crippen molar-refractivity contribution >= 4 is 39.5 Å². The van der Waals surface area contributed by atoms with Gasteiger partial charge in [0.1, 0.15) is 19.3 Å². The molecule has 104 heavy (non-hydrogen) atoms. The molecule has 0 spiro atoms. The van der Waals surface area contributed by atoms with Gasteiger partial charge >= 0.3 is 39.5 Å². The first-order valence-electron chi connectivity index (χ1n) is 43.7. The molecule has 0 aliphatic heterocycles. The zero-order valence-electron chi connectivity index (χ0n) is 68.7. The lowest BCUT2D eigenvalue weighted by atomic mass is 9.99. The van der Waals surface area contributed by atoms with Crippen LogP contribution in [-0.2, 0) is 65.4 Å². The molecule has 618 valence electrons. The molecule has 0 saturated heterocycles. The van der Waals surface area contributed by atoms with E-state index in [2.05, 4.69) is 55.4 Å². The first kappa shape index (κ1) is 102. The van der Waals surface area contributed by atoms with Crippen LogP contribution in [0.1, 0.15) is 441 Å². The van der Waals surface area contributed by atoms with Gasteiger partial charge in [-0.25, -0.2) is 9.13 Å². The van der Waals surface area contributed by atoms with Crippen molar-refractivity contribution in [3.05, 3.63) is 0 Å². The number of esters is 4. The van der Waals surface area contributed by atoms with Crippen molar-refractivity contribution in [3.8, 4) is 0 Å². The molecular formula is C85H166O17P2. The minimum Gasteiger partial charge on any atom is -0.462 e. The number of carbonyl (C=O) groups is 4. The van der Waals surface area contributed by atoms with Gasteiger partial charge in [0.15, 0.2) is 12.2 Å². The largest absolute Gasteiger partial charge is 0.472 e. The molecule has 0 aromatic rings. The van der Waals surface area contributed by atoms with Gasteiger partial charge in [-0.3, -0.25) is 37.3 Å². The third-order valence-electron chi connectivity index (χ3n) is 20.2. The molecule has 0 aliphatic rings. The number of unbranched alkanes of at least 4 members (excludes halogenated alkanes) is 47. The maximum absolute atomic E-state index is 13.1. The van der Waals surface area contributed by atoms with E-state index in [0.29, 0.717) is 25.7 Å². The van der Waals surface area contributed by atoms with Crippen LogP contribution in [0.25, 0.3) is 0 Å². The van der Waals surface area contributed by atoms with Gasteiger partial charge in [-0.1, -0.05) is 389 Å². The van der Waals surface area contributed by atoms with Crippen LogP contribution in [0.2, 0.25) is 0 Å². The molecule has 0 amide bonds. The minimum absolute atomic E-state index is 0.106. The van der Waals surface area contributed by atoms with E-state index in [0.717, 1.165) is 114 Å². The number of aliphatic hydroxyl groups excluding tert-OH is 1. The van der Waals surface area contributed by atoms with Crippen LogP contribution in [0.4, 0.5) is 0 Å². The number of hydrogen-bond donors (Lipinski definition) is 3. The Morgan fingerprint density at radius 2 is 0.462 bits per heavy atom. The average Bonchev–Trinajstić information content (AvgIpc) is 0.937. The number of phosphoric acid groups is 2. The summed E-state index contributed by atoms with van der Waals surface area (Å²) in [7, 11) is -9.93. The molecule has 0 aliphatic carbocycles. The molecule has 0 aromatic heterocycles. The van der Waals surface area contributed by atoms with Gasteiger partial charge in [-0.15, -0.1) is 0 Å². The quantitative estimate of drug-likeness (QED) is 0.0222. The Morgan fingerprint density at radius 3 is 0.683 bits per heavy atom. The van der Waals surface area contributed by atoms with Gasteiger partial charge in [-0.05, 0) is 49.4 Å². The van der Waals surface area contributed by atoms with Crippen LogP contribution < -0.4 is 0 Å². The van der Waals surface area contributed by atoms with Crippen molar-refractivity contribution in [2.24, 2.45) is 23.7 Å². The Kier molecular flexibility index (Phi) is 72.5. The second-order valence-electron chi connectivity index (χ2n) is 32.2. The van der Waals surface area contributed by atoms with Crippen LogP contribution in [0.5, 0.6) is 0 Å². The highest BCUT2D eigenvalue weighted by Gasteiger charge is 2.30. The minimum atomic E-state index is -4.97. The highest BCUT2D eigenvalue weighted by Crippen LogP contribution is 2.45. The van der Waals surface area contributed by atoms with Gasteiger partial charge in [-0.2, -0.15) is 0 Å². The van der Waals surface area contributed by atoms with E-state index in [1.165, 1.54) is 244 Å². The summed E-state index contributed by atoms with van der Waals surface area (Å²) >= 11 is 0. The maximum atomic E-state index is 13.1. The smallest absolute Gasteiger partial charge is 0.462 e. The molecule has 0 aromatic carbocycles. The molecule has 3 unspecified atom stereocenters. The summed E-state index contributed by atoms with van der Waals surface area (Å²) in [5.74, 6) is 1.07. The molecular weight excluding hydrogens is 1350 g/mol. The standard InChI is InChI=1S/C85H166O17P2/c1-9-78(8)64-56-48-40-32-26-28-36-44-52-60-68-85(90)102-81(72-96-83(88)66-58-50-42-34-27-25-31-39-47-55-63-77(6)7)74-100-104(93,94)98-70-79(86)69-97-103(91,92)99-73-80(71-95-82(87)65-57-49-41-33-23-19-16-12-14-18-22-30-38-46-54-62-76(4)5)101-84(89)67-59-51-43-35-24-20-15-11-10-13-17-21-29-37-45-53-61-75(2)3/h75-81,86H,9-74H2,1-8H3,(H,91,92)(H,93,94)/t78?,79-,80-,81-/m1/s1. The van der Waals surface area contributed by atoms with Gasteiger partial charge in [0, 0.05) is 25.7 Å². The molecule has 0 radical (unpaired) electrons. The van der Waals surface area contributed by atoms with E-state index >= 15 is 0 Å². The molecule has 6 atom stereocenters. The lowest BCUT2D eigenvalue weighted by Crippen LogP contribution is -2.30. The number of rotatable bonds is 82. The summed E-state index contributed by atoms with van der Waals surface area (Å²) in [6, 6.07) is 0. The molecule has 19 heteroatoms. The van der Waals surface area contributed by atoms with Crippen LogP contribution >= 0.6 is 15.6 Å². The summed E-state index contributed by atoms with van der Waals surface area (Å²) in [6.45, 7) is 14.4. The van der Waals surface area contributed by atoms with Crippen molar-refractivity contribution in [1.29, 1.82) is 0 Å². The molecule has 17 nitrogen and oxygen atoms in total. The fourth-order valence-electron chi connectivity index (χ4n) is 13.1. The van der Waals surface area contributed by atoms with E-state index in [1.807, 2.05) is 0 Å². The fourth-order valence-corrected chi connectivity index (χ4v) is 14.7. The van der Waals surface area contributed by atoms with Crippen molar-refractivity contribution in [3.63, 3.8) is 0 Å². The van der Waals surface area contributed by atoms with Crippen LogP contribution in [0.3, 0.4) is 0 Å². The normalized spacial score (nSPS) is 14.2. The monoisotopic (exact) mass is 1520 g/mol. The average molecular weight is 1520 g/mol. The van der Waals surface area contributed by atoms with Crippen molar-refractivity contribution in [2.45, 2.75) is 459 Å². The third kappa shape index (κ3) is 76.8. The number of carbonyl (C=O) groups excluding carboxylic acids is 4. The van der Waals surface area contributed by atoms with Crippen molar-refractivity contribution in [2.75, 3.05) is 39.6 Å². The summed E-state index contributed by atoms with van der Waals surface area (Å²) in [5.41, 5.74) is 0. The fraction of sp³-hybridized carbons (Fsp3) is 0.953. The molecule has 3 N–H and O–H groups in total. The lowest BCUT2D eigenvalue weighted by molar-refractivity contribution is -0.161. The summed E-state index contributed by atoms with van der Waals surface area (Å²) in [5, 5.41) is 10.7. The summed E-state index contributed by atoms with van der Waals surface area (Å²) < 4.78 is 68.9. The predicted octanol–water partition coefficient (Wildman–Crippen LogP) is 25.6. The summed E-state index contributed by atoms with van der Waals surface area (Å²) in [4.78, 5) is 73.2. The first-order valence-corrected chi connectivity index (χ1v) is 46.7. The third-order valence-corrected chi connectivity index (χ3v) is 22.1. The summed E-state index contributed by atoms with van der Waals surface area (Å²) in [6.07, 6.45) is 62.3. The Labute approximate surface area is 638 Å². The zero-order valence-corrected chi connectivity index (χ0v) is 70.5. The van der Waals surface area contributed by atoms with Crippen LogP contribution in [-0.4, -0.2) is 96.7 Å². The van der Waals surface area contributed by atoms with Crippen LogP contribution in [0, 0.1) is 23.7 Å². The van der Waals surface area contributed by atoms with Crippen LogP contribution in [0.15, 0.2) is 0 Å². The van der Waals surface area contributed by atoms with Gasteiger partial charge in [0.05, 0.1) is 26.4 Å². The van der Waals surface area contributed by atoms with Crippen molar-refractivity contribution < 1.29 is 80.2 Å². The number of hydrogen-bond acceptors (Lipinski definition) is 15. The maximum Gasteiger partial charge on any atom is 0.472 e.